The highest BCUT2D eigenvalue weighted by Gasteiger charge is 2.35. The highest BCUT2D eigenvalue weighted by atomic mass is 79.9. The van der Waals surface area contributed by atoms with Crippen molar-refractivity contribution in [1.29, 1.82) is 0 Å². The zero-order chi connectivity index (χ0) is 12.6. The van der Waals surface area contributed by atoms with Gasteiger partial charge in [-0.1, -0.05) is 15.9 Å². The summed E-state index contributed by atoms with van der Waals surface area (Å²) in [4.78, 5) is 0.508. The molecule has 3 nitrogen and oxygen atoms in total. The molecule has 94 valence electrons. The summed E-state index contributed by atoms with van der Waals surface area (Å²) in [5, 5.41) is 3.16. The molecule has 0 aromatic heterocycles. The minimum Gasteiger partial charge on any atom is -0.317 e. The maximum absolute atomic E-state index is 12.0. The summed E-state index contributed by atoms with van der Waals surface area (Å²) in [6, 6.07) is 5.76. The van der Waals surface area contributed by atoms with E-state index in [-0.39, 0.29) is 11.7 Å². The molecule has 0 saturated carbocycles. The zero-order valence-electron chi connectivity index (χ0n) is 9.90. The molecule has 0 bridgehead atoms. The molecule has 5 heteroatoms. The van der Waals surface area contributed by atoms with Gasteiger partial charge in [-0.05, 0) is 44.2 Å². The normalized spacial score (nSPS) is 23.4. The topological polar surface area (TPSA) is 46.2 Å². The maximum Gasteiger partial charge on any atom is 0.179 e. The first-order valence-corrected chi connectivity index (χ1v) is 8.08. The van der Waals surface area contributed by atoms with Crippen molar-refractivity contribution in [3.8, 4) is 0 Å². The molecule has 1 aliphatic rings. The molecule has 1 aliphatic heterocycles. The number of nitrogens with one attached hydrogen (secondary N) is 1. The average Bonchev–Trinajstić information content (AvgIpc) is 2.50. The van der Waals surface area contributed by atoms with Crippen LogP contribution in [0.15, 0.2) is 27.6 Å². The van der Waals surface area contributed by atoms with Crippen molar-refractivity contribution < 1.29 is 8.42 Å². The number of fused-ring (bicyclic) bond motifs is 1. The molecule has 0 aliphatic carbocycles. The Morgan fingerprint density at radius 2 is 2.24 bits per heavy atom. The number of benzene rings is 1. The Morgan fingerprint density at radius 3 is 2.88 bits per heavy atom. The summed E-state index contributed by atoms with van der Waals surface area (Å²) >= 11 is 3.40. The monoisotopic (exact) mass is 317 g/mol. The van der Waals surface area contributed by atoms with E-state index < -0.39 is 9.84 Å². The van der Waals surface area contributed by atoms with Crippen molar-refractivity contribution in [3.63, 3.8) is 0 Å². The SMILES string of the molecule is CNC(C)CC1CS(=O)(=O)c2ccc(Br)cc21. The lowest BCUT2D eigenvalue weighted by molar-refractivity contribution is 0.517. The van der Waals surface area contributed by atoms with Crippen LogP contribution < -0.4 is 5.32 Å². The van der Waals surface area contributed by atoms with Crippen molar-refractivity contribution in [2.24, 2.45) is 0 Å². The Hall–Kier alpha value is -0.390. The summed E-state index contributed by atoms with van der Waals surface area (Å²) in [5.74, 6) is 0.347. The number of hydrogen-bond donors (Lipinski definition) is 1. The first-order chi connectivity index (χ1) is 7.94. The molecule has 0 radical (unpaired) electrons. The van der Waals surface area contributed by atoms with Crippen LogP contribution in [-0.4, -0.2) is 27.3 Å². The van der Waals surface area contributed by atoms with Gasteiger partial charge < -0.3 is 5.32 Å². The van der Waals surface area contributed by atoms with Gasteiger partial charge in [0.2, 0.25) is 0 Å². The predicted molar refractivity (Wildman–Crippen MR) is 72.1 cm³/mol. The minimum atomic E-state index is -3.07. The second-order valence-corrected chi connectivity index (χ2v) is 7.50. The third kappa shape index (κ3) is 2.56. The smallest absolute Gasteiger partial charge is 0.179 e. The molecule has 0 amide bonds. The van der Waals surface area contributed by atoms with Crippen LogP contribution in [0.1, 0.15) is 24.8 Å². The molecule has 1 N–H and O–H groups in total. The van der Waals surface area contributed by atoms with Gasteiger partial charge in [0.1, 0.15) is 0 Å². The molecule has 1 aromatic rings. The summed E-state index contributed by atoms with van der Waals surface area (Å²) in [6.45, 7) is 2.07. The van der Waals surface area contributed by atoms with Crippen LogP contribution in [0.5, 0.6) is 0 Å². The molecule has 17 heavy (non-hydrogen) atoms. The van der Waals surface area contributed by atoms with Crippen LogP contribution in [0.3, 0.4) is 0 Å². The predicted octanol–water partition coefficient (Wildman–Crippen LogP) is 2.32. The lowest BCUT2D eigenvalue weighted by atomic mass is 9.95. The quantitative estimate of drug-likeness (QED) is 0.930. The van der Waals surface area contributed by atoms with Gasteiger partial charge in [-0.3, -0.25) is 0 Å². The fourth-order valence-electron chi connectivity index (χ4n) is 2.31. The van der Waals surface area contributed by atoms with Gasteiger partial charge >= 0.3 is 0 Å². The van der Waals surface area contributed by atoms with E-state index in [1.54, 1.807) is 12.1 Å². The number of sulfone groups is 1. The van der Waals surface area contributed by atoms with Crippen LogP contribution >= 0.6 is 15.9 Å². The third-order valence-electron chi connectivity index (χ3n) is 3.30. The van der Waals surface area contributed by atoms with Crippen molar-refractivity contribution >= 4 is 25.8 Å². The van der Waals surface area contributed by atoms with Crippen LogP contribution in [0, 0.1) is 0 Å². The Kier molecular flexibility index (Phi) is 3.61. The lowest BCUT2D eigenvalue weighted by Gasteiger charge is -2.15. The van der Waals surface area contributed by atoms with Gasteiger partial charge in [-0.25, -0.2) is 8.42 Å². The van der Waals surface area contributed by atoms with Crippen molar-refractivity contribution in [1.82, 2.24) is 5.32 Å². The zero-order valence-corrected chi connectivity index (χ0v) is 12.3. The Balaban J connectivity index is 2.39. The molecule has 0 spiro atoms. The van der Waals surface area contributed by atoms with E-state index in [4.69, 9.17) is 0 Å². The van der Waals surface area contributed by atoms with E-state index in [1.165, 1.54) is 0 Å². The summed E-state index contributed by atoms with van der Waals surface area (Å²) in [6.07, 6.45) is 0.846. The van der Waals surface area contributed by atoms with Gasteiger partial charge in [0.05, 0.1) is 10.6 Å². The molecule has 1 aromatic carbocycles. The van der Waals surface area contributed by atoms with E-state index in [1.807, 2.05) is 13.1 Å². The summed E-state index contributed by atoms with van der Waals surface area (Å²) < 4.78 is 25.0. The highest BCUT2D eigenvalue weighted by molar-refractivity contribution is 9.10. The summed E-state index contributed by atoms with van der Waals surface area (Å²) in [5.41, 5.74) is 0.960. The van der Waals surface area contributed by atoms with Crippen molar-refractivity contribution in [2.75, 3.05) is 12.8 Å². The molecule has 0 saturated heterocycles. The molecular formula is C12H16BrNO2S. The highest BCUT2D eigenvalue weighted by Crippen LogP contribution is 2.38. The first kappa shape index (κ1) is 13.1. The summed E-state index contributed by atoms with van der Waals surface area (Å²) in [7, 11) is -1.18. The molecule has 1 heterocycles. The third-order valence-corrected chi connectivity index (χ3v) is 5.67. The van der Waals surface area contributed by atoms with Crippen molar-refractivity contribution in [3.05, 3.63) is 28.2 Å². The van der Waals surface area contributed by atoms with E-state index in [2.05, 4.69) is 28.2 Å². The Morgan fingerprint density at radius 1 is 1.53 bits per heavy atom. The molecule has 2 rings (SSSR count). The average molecular weight is 318 g/mol. The fourth-order valence-corrected chi connectivity index (χ4v) is 4.57. The number of halogens is 1. The lowest BCUT2D eigenvalue weighted by Crippen LogP contribution is -2.24. The van der Waals surface area contributed by atoms with Gasteiger partial charge in [-0.2, -0.15) is 0 Å². The van der Waals surface area contributed by atoms with Crippen LogP contribution in [0.25, 0.3) is 0 Å². The Labute approximate surface area is 111 Å². The van der Waals surface area contributed by atoms with Gasteiger partial charge in [0.15, 0.2) is 9.84 Å². The van der Waals surface area contributed by atoms with Gasteiger partial charge in [0.25, 0.3) is 0 Å². The second kappa shape index (κ2) is 4.71. The fraction of sp³-hybridized carbons (Fsp3) is 0.500. The van der Waals surface area contributed by atoms with E-state index >= 15 is 0 Å². The first-order valence-electron chi connectivity index (χ1n) is 5.63. The van der Waals surface area contributed by atoms with Crippen LogP contribution in [-0.2, 0) is 9.84 Å². The van der Waals surface area contributed by atoms with Crippen LogP contribution in [0.2, 0.25) is 0 Å². The van der Waals surface area contributed by atoms with E-state index in [9.17, 15) is 8.42 Å². The van der Waals surface area contributed by atoms with Gasteiger partial charge in [0, 0.05) is 16.4 Å². The molecular weight excluding hydrogens is 302 g/mol. The van der Waals surface area contributed by atoms with E-state index in [0.717, 1.165) is 16.5 Å². The second-order valence-electron chi connectivity index (χ2n) is 4.59. The number of rotatable bonds is 3. The van der Waals surface area contributed by atoms with Crippen LogP contribution in [0.4, 0.5) is 0 Å². The van der Waals surface area contributed by atoms with Crippen molar-refractivity contribution in [2.45, 2.75) is 30.2 Å². The van der Waals surface area contributed by atoms with Gasteiger partial charge in [-0.15, -0.1) is 0 Å². The molecule has 2 unspecified atom stereocenters. The molecule has 2 atom stereocenters. The van der Waals surface area contributed by atoms with E-state index in [0.29, 0.717) is 10.9 Å². The number of hydrogen-bond acceptors (Lipinski definition) is 3. The minimum absolute atomic E-state index is 0.106. The standard InChI is InChI=1S/C12H16BrNO2S/c1-8(14-2)5-9-7-17(15,16)12-4-3-10(13)6-11(9)12/h3-4,6,8-9,14H,5,7H2,1-2H3. The maximum atomic E-state index is 12.0. The Bertz CT molecular complexity index is 527. The molecule has 0 fully saturated rings. The largest absolute Gasteiger partial charge is 0.317 e.